The van der Waals surface area contributed by atoms with Crippen molar-refractivity contribution in [2.45, 2.75) is 0 Å². The van der Waals surface area contributed by atoms with E-state index in [9.17, 15) is 0 Å². The van der Waals surface area contributed by atoms with Crippen LogP contribution in [-0.2, 0) is 7.05 Å². The molecule has 0 saturated carbocycles. The molecule has 2 rings (SSSR count). The molecule has 0 amide bonds. The molecule has 96 valence electrons. The van der Waals surface area contributed by atoms with Gasteiger partial charge in [0.25, 0.3) is 0 Å². The molecule has 0 aliphatic carbocycles. The van der Waals surface area contributed by atoms with Gasteiger partial charge >= 0.3 is 0 Å². The third-order valence-corrected chi connectivity index (χ3v) is 3.09. The second-order valence-corrected chi connectivity index (χ2v) is 4.43. The van der Waals surface area contributed by atoms with E-state index in [4.69, 9.17) is 10.8 Å². The van der Waals surface area contributed by atoms with Crippen LogP contribution in [0.25, 0.3) is 11.3 Å². The summed E-state index contributed by atoms with van der Waals surface area (Å²) in [6, 6.07) is 9.92. The number of aliphatic hydroxyl groups excluding tert-OH is 1. The van der Waals surface area contributed by atoms with Crippen LogP contribution in [0.2, 0.25) is 0 Å². The van der Waals surface area contributed by atoms with Gasteiger partial charge < -0.3 is 20.3 Å². The molecule has 1 heterocycles. The van der Waals surface area contributed by atoms with Crippen LogP contribution in [-0.4, -0.2) is 29.9 Å². The number of aliphatic hydroxyl groups is 1. The highest BCUT2D eigenvalue weighted by atomic mass is 16.3. The van der Waals surface area contributed by atoms with Gasteiger partial charge in [0.2, 0.25) is 0 Å². The summed E-state index contributed by atoms with van der Waals surface area (Å²) in [4.78, 5) is 2.03. The summed E-state index contributed by atoms with van der Waals surface area (Å²) >= 11 is 0. The van der Waals surface area contributed by atoms with Crippen molar-refractivity contribution in [3.05, 3.63) is 36.5 Å². The Kier molecular flexibility index (Phi) is 3.58. The van der Waals surface area contributed by atoms with Crippen molar-refractivity contribution >= 4 is 11.4 Å². The Bertz CT molecular complexity index is 534. The van der Waals surface area contributed by atoms with Gasteiger partial charge in [-0.05, 0) is 30.3 Å². The number of aryl methyl sites for hydroxylation is 1. The maximum atomic E-state index is 9.06. The zero-order chi connectivity index (χ0) is 13.1. The average molecular weight is 245 g/mol. The number of anilines is 2. The topological polar surface area (TPSA) is 54.4 Å². The predicted molar refractivity (Wildman–Crippen MR) is 75.6 cm³/mol. The van der Waals surface area contributed by atoms with Gasteiger partial charge in [-0.1, -0.05) is 0 Å². The van der Waals surface area contributed by atoms with Crippen molar-refractivity contribution in [3.63, 3.8) is 0 Å². The number of aromatic nitrogens is 1. The van der Waals surface area contributed by atoms with Crippen LogP contribution in [0, 0.1) is 0 Å². The second-order valence-electron chi connectivity index (χ2n) is 4.43. The third kappa shape index (κ3) is 2.33. The van der Waals surface area contributed by atoms with Crippen LogP contribution in [0.4, 0.5) is 11.4 Å². The summed E-state index contributed by atoms with van der Waals surface area (Å²) in [5.41, 5.74) is 9.89. The van der Waals surface area contributed by atoms with Crippen molar-refractivity contribution in [1.29, 1.82) is 0 Å². The summed E-state index contributed by atoms with van der Waals surface area (Å²) in [7, 11) is 3.97. The van der Waals surface area contributed by atoms with E-state index in [2.05, 4.69) is 10.6 Å². The smallest absolute Gasteiger partial charge is 0.0606 e. The minimum Gasteiger partial charge on any atom is -0.399 e. The number of hydrogen-bond donors (Lipinski definition) is 2. The predicted octanol–water partition coefficient (Wildman–Crippen LogP) is 1.70. The molecule has 0 spiro atoms. The van der Waals surface area contributed by atoms with Crippen molar-refractivity contribution < 1.29 is 5.11 Å². The number of benzene rings is 1. The van der Waals surface area contributed by atoms with Gasteiger partial charge in [0.15, 0.2) is 0 Å². The molecule has 0 radical (unpaired) electrons. The lowest BCUT2D eigenvalue weighted by Crippen LogP contribution is -2.22. The fourth-order valence-corrected chi connectivity index (χ4v) is 2.10. The quantitative estimate of drug-likeness (QED) is 0.806. The van der Waals surface area contributed by atoms with E-state index in [-0.39, 0.29) is 6.61 Å². The maximum Gasteiger partial charge on any atom is 0.0606 e. The second kappa shape index (κ2) is 5.14. The molecule has 0 aliphatic heterocycles. The van der Waals surface area contributed by atoms with E-state index in [1.165, 1.54) is 0 Å². The van der Waals surface area contributed by atoms with Gasteiger partial charge in [0.1, 0.15) is 0 Å². The number of hydrogen-bond acceptors (Lipinski definition) is 3. The Balaban J connectivity index is 2.51. The lowest BCUT2D eigenvalue weighted by Gasteiger charge is -2.22. The first-order valence-corrected chi connectivity index (χ1v) is 5.96. The lowest BCUT2D eigenvalue weighted by atomic mass is 10.1. The highest BCUT2D eigenvalue weighted by Gasteiger charge is 2.11. The van der Waals surface area contributed by atoms with Crippen LogP contribution < -0.4 is 10.6 Å². The van der Waals surface area contributed by atoms with Gasteiger partial charge in [-0.15, -0.1) is 0 Å². The van der Waals surface area contributed by atoms with E-state index in [0.29, 0.717) is 6.54 Å². The number of rotatable bonds is 4. The van der Waals surface area contributed by atoms with Crippen LogP contribution in [0.5, 0.6) is 0 Å². The third-order valence-electron chi connectivity index (χ3n) is 3.09. The fraction of sp³-hybridized carbons (Fsp3) is 0.286. The minimum absolute atomic E-state index is 0.132. The molecule has 0 fully saturated rings. The first-order valence-electron chi connectivity index (χ1n) is 5.96. The molecule has 2 aromatic rings. The molecule has 1 aromatic carbocycles. The molecule has 0 unspecified atom stereocenters. The van der Waals surface area contributed by atoms with Crippen molar-refractivity contribution in [2.75, 3.05) is 30.8 Å². The standard InChI is InChI=1S/C14H19N3O/c1-16-7-3-4-13(16)12-10-11(15)5-6-14(12)17(2)8-9-18/h3-7,10,18H,8-9,15H2,1-2H3. The van der Waals surface area contributed by atoms with Gasteiger partial charge in [0, 0.05) is 49.5 Å². The Labute approximate surface area is 107 Å². The SMILES string of the molecule is CN(CCO)c1ccc(N)cc1-c1cccn1C. The van der Waals surface area contributed by atoms with Gasteiger partial charge in [0.05, 0.1) is 6.61 Å². The molecule has 4 nitrogen and oxygen atoms in total. The van der Waals surface area contributed by atoms with Crippen LogP contribution >= 0.6 is 0 Å². The molecular weight excluding hydrogens is 226 g/mol. The molecular formula is C14H19N3O. The summed E-state index contributed by atoms with van der Waals surface area (Å²) < 4.78 is 2.06. The number of nitrogens with two attached hydrogens (primary N) is 1. The number of nitrogen functional groups attached to an aromatic ring is 1. The number of nitrogens with zero attached hydrogens (tertiary/aromatic N) is 2. The molecule has 0 atom stereocenters. The monoisotopic (exact) mass is 245 g/mol. The van der Waals surface area contributed by atoms with Gasteiger partial charge in [-0.2, -0.15) is 0 Å². The Morgan fingerprint density at radius 1 is 1.33 bits per heavy atom. The van der Waals surface area contributed by atoms with E-state index >= 15 is 0 Å². The largest absolute Gasteiger partial charge is 0.399 e. The Hall–Kier alpha value is -1.94. The maximum absolute atomic E-state index is 9.06. The average Bonchev–Trinajstić information content (AvgIpc) is 2.75. The minimum atomic E-state index is 0.132. The first-order chi connectivity index (χ1) is 8.63. The normalized spacial score (nSPS) is 10.6. The molecule has 4 heteroatoms. The molecule has 1 aromatic heterocycles. The van der Waals surface area contributed by atoms with E-state index < -0.39 is 0 Å². The number of likely N-dealkylation sites (N-methyl/N-ethyl adjacent to an activating group) is 1. The van der Waals surface area contributed by atoms with Gasteiger partial charge in [-0.25, -0.2) is 0 Å². The molecule has 3 N–H and O–H groups in total. The van der Waals surface area contributed by atoms with E-state index in [1.54, 1.807) is 0 Å². The van der Waals surface area contributed by atoms with Crippen LogP contribution in [0.15, 0.2) is 36.5 Å². The van der Waals surface area contributed by atoms with E-state index in [0.717, 1.165) is 22.6 Å². The summed E-state index contributed by atoms with van der Waals surface area (Å²) in [5.74, 6) is 0. The first kappa shape index (κ1) is 12.5. The molecule has 0 aliphatic rings. The summed E-state index contributed by atoms with van der Waals surface area (Å²) in [6.45, 7) is 0.731. The summed E-state index contributed by atoms with van der Waals surface area (Å²) in [5, 5.41) is 9.06. The Morgan fingerprint density at radius 3 is 2.72 bits per heavy atom. The molecule has 18 heavy (non-hydrogen) atoms. The Morgan fingerprint density at radius 2 is 2.11 bits per heavy atom. The van der Waals surface area contributed by atoms with Crippen molar-refractivity contribution in [1.82, 2.24) is 4.57 Å². The van der Waals surface area contributed by atoms with Crippen molar-refractivity contribution in [2.24, 2.45) is 7.05 Å². The van der Waals surface area contributed by atoms with Crippen molar-refractivity contribution in [3.8, 4) is 11.3 Å². The van der Waals surface area contributed by atoms with Gasteiger partial charge in [-0.3, -0.25) is 0 Å². The van der Waals surface area contributed by atoms with Crippen LogP contribution in [0.3, 0.4) is 0 Å². The lowest BCUT2D eigenvalue weighted by molar-refractivity contribution is 0.304. The van der Waals surface area contributed by atoms with Crippen LogP contribution in [0.1, 0.15) is 0 Å². The molecule has 0 bridgehead atoms. The molecule has 0 saturated heterocycles. The zero-order valence-corrected chi connectivity index (χ0v) is 10.8. The zero-order valence-electron chi connectivity index (χ0n) is 10.8. The van der Waals surface area contributed by atoms with E-state index in [1.807, 2.05) is 49.5 Å². The highest BCUT2D eigenvalue weighted by Crippen LogP contribution is 2.32. The highest BCUT2D eigenvalue weighted by molar-refractivity contribution is 5.79. The summed E-state index contributed by atoms with van der Waals surface area (Å²) in [6.07, 6.45) is 2.01. The fourth-order valence-electron chi connectivity index (χ4n) is 2.10.